The normalized spacial score (nSPS) is 23.3. The predicted octanol–water partition coefficient (Wildman–Crippen LogP) is 3.19. The van der Waals surface area contributed by atoms with E-state index in [2.05, 4.69) is 0 Å². The molecule has 0 saturated carbocycles. The highest BCUT2D eigenvalue weighted by molar-refractivity contribution is 7.99. The Balaban J connectivity index is 1.80. The van der Waals surface area contributed by atoms with Gasteiger partial charge in [-0.2, -0.15) is 0 Å². The van der Waals surface area contributed by atoms with E-state index in [1.165, 1.54) is 32.5 Å². The van der Waals surface area contributed by atoms with Crippen molar-refractivity contribution in [3.63, 3.8) is 0 Å². The van der Waals surface area contributed by atoms with E-state index in [1.54, 1.807) is 24.5 Å². The monoisotopic (exact) mass is 434 g/mol. The minimum atomic E-state index is -0.982. The molecule has 8 nitrogen and oxygen atoms in total. The maximum absolute atomic E-state index is 11.7. The molecule has 1 aromatic heterocycles. The van der Waals surface area contributed by atoms with E-state index >= 15 is 0 Å². The standard InChI is InChI=1S/C21H22O8S/c1-12(22)26-18-11-30-21(20(28-14(3)24)19(18)27-13(2)23)29-16-8-6-15(7-9-16)17-5-4-10-25-17/h4-10,18-21H,11H2,1-3H3/t18-,19+,20-,21-/m1/s1. The van der Waals surface area contributed by atoms with Gasteiger partial charge in [0.05, 0.1) is 6.26 Å². The lowest BCUT2D eigenvalue weighted by molar-refractivity contribution is -0.186. The summed E-state index contributed by atoms with van der Waals surface area (Å²) in [6.07, 6.45) is -1.11. The van der Waals surface area contributed by atoms with Gasteiger partial charge in [-0.3, -0.25) is 14.4 Å². The second kappa shape index (κ2) is 9.71. The molecule has 1 aromatic carbocycles. The minimum absolute atomic E-state index is 0.310. The van der Waals surface area contributed by atoms with Crippen molar-refractivity contribution in [1.29, 1.82) is 0 Å². The third-order valence-electron chi connectivity index (χ3n) is 4.22. The SMILES string of the molecule is CC(=O)O[C@@H]1[C@@H](OC(C)=O)[C@H](OC(C)=O)CS[C@H]1Oc1ccc(-c2ccco2)cc1. The number of carbonyl (C=O) groups excluding carboxylic acids is 3. The van der Waals surface area contributed by atoms with Crippen molar-refractivity contribution in [2.75, 3.05) is 5.75 Å². The smallest absolute Gasteiger partial charge is 0.303 e. The molecule has 160 valence electrons. The van der Waals surface area contributed by atoms with Gasteiger partial charge in [0.1, 0.15) is 11.5 Å². The Morgan fingerprint density at radius 2 is 1.53 bits per heavy atom. The highest BCUT2D eigenvalue weighted by Crippen LogP contribution is 2.34. The van der Waals surface area contributed by atoms with E-state index in [9.17, 15) is 14.4 Å². The summed E-state index contributed by atoms with van der Waals surface area (Å²) in [7, 11) is 0. The summed E-state index contributed by atoms with van der Waals surface area (Å²) < 4.78 is 27.5. The summed E-state index contributed by atoms with van der Waals surface area (Å²) >= 11 is 1.30. The van der Waals surface area contributed by atoms with Crippen LogP contribution in [0.15, 0.2) is 47.1 Å². The van der Waals surface area contributed by atoms with Crippen LogP contribution in [0.2, 0.25) is 0 Å². The van der Waals surface area contributed by atoms with Crippen LogP contribution in [0.5, 0.6) is 5.75 Å². The first kappa shape index (κ1) is 21.8. The predicted molar refractivity (Wildman–Crippen MR) is 108 cm³/mol. The molecule has 2 heterocycles. The highest BCUT2D eigenvalue weighted by atomic mass is 32.2. The number of ether oxygens (including phenoxy) is 4. The molecule has 1 aliphatic rings. The van der Waals surface area contributed by atoms with Crippen LogP contribution in [0.25, 0.3) is 11.3 Å². The zero-order valence-electron chi connectivity index (χ0n) is 16.7. The molecule has 9 heteroatoms. The van der Waals surface area contributed by atoms with Crippen molar-refractivity contribution < 1.29 is 37.7 Å². The van der Waals surface area contributed by atoms with Crippen molar-refractivity contribution in [2.24, 2.45) is 0 Å². The van der Waals surface area contributed by atoms with Gasteiger partial charge in [-0.05, 0) is 36.4 Å². The summed E-state index contributed by atoms with van der Waals surface area (Å²) in [6.45, 7) is 3.75. The number of hydrogen-bond donors (Lipinski definition) is 0. The Morgan fingerprint density at radius 3 is 2.10 bits per heavy atom. The molecule has 0 radical (unpaired) electrons. The van der Waals surface area contributed by atoms with Crippen LogP contribution >= 0.6 is 11.8 Å². The zero-order chi connectivity index (χ0) is 21.7. The number of hydrogen-bond acceptors (Lipinski definition) is 9. The van der Waals surface area contributed by atoms with Crippen LogP contribution in [0.3, 0.4) is 0 Å². The summed E-state index contributed by atoms with van der Waals surface area (Å²) in [6, 6.07) is 10.9. The molecule has 3 rings (SSSR count). The minimum Gasteiger partial charge on any atom is -0.476 e. The van der Waals surface area contributed by atoms with Gasteiger partial charge >= 0.3 is 17.9 Å². The van der Waals surface area contributed by atoms with Gasteiger partial charge in [0.2, 0.25) is 0 Å². The molecule has 1 saturated heterocycles. The number of esters is 3. The van der Waals surface area contributed by atoms with Crippen molar-refractivity contribution in [3.8, 4) is 17.1 Å². The van der Waals surface area contributed by atoms with Gasteiger partial charge in [-0.1, -0.05) is 0 Å². The van der Waals surface area contributed by atoms with Crippen molar-refractivity contribution in [3.05, 3.63) is 42.7 Å². The van der Waals surface area contributed by atoms with Gasteiger partial charge < -0.3 is 23.4 Å². The van der Waals surface area contributed by atoms with Crippen LogP contribution in [-0.2, 0) is 28.6 Å². The second-order valence-corrected chi connectivity index (χ2v) is 7.75. The fraction of sp³-hybridized carbons (Fsp3) is 0.381. The highest BCUT2D eigenvalue weighted by Gasteiger charge is 2.47. The topological polar surface area (TPSA) is 101 Å². The molecular formula is C21H22O8S. The first-order valence-corrected chi connectivity index (χ1v) is 10.3. The molecule has 0 spiro atoms. The fourth-order valence-corrected chi connectivity index (χ4v) is 4.30. The van der Waals surface area contributed by atoms with Crippen LogP contribution in [0.1, 0.15) is 20.8 Å². The largest absolute Gasteiger partial charge is 0.476 e. The van der Waals surface area contributed by atoms with E-state index in [1.807, 2.05) is 18.2 Å². The van der Waals surface area contributed by atoms with Gasteiger partial charge in [0, 0.05) is 32.1 Å². The number of thioether (sulfide) groups is 1. The number of benzene rings is 1. The summed E-state index contributed by atoms with van der Waals surface area (Å²) in [5.41, 5.74) is 0.215. The maximum Gasteiger partial charge on any atom is 0.303 e. The van der Waals surface area contributed by atoms with Crippen molar-refractivity contribution >= 4 is 29.7 Å². The summed E-state index contributed by atoms with van der Waals surface area (Å²) in [5.74, 6) is -0.0966. The molecule has 2 aromatic rings. The van der Waals surface area contributed by atoms with E-state index in [0.29, 0.717) is 11.5 Å². The first-order valence-electron chi connectivity index (χ1n) is 9.27. The van der Waals surface area contributed by atoms with E-state index in [0.717, 1.165) is 11.3 Å². The molecule has 0 aliphatic carbocycles. The Bertz CT molecular complexity index is 877. The molecule has 30 heavy (non-hydrogen) atoms. The molecule has 0 bridgehead atoms. The second-order valence-electron chi connectivity index (χ2n) is 6.62. The molecule has 1 fully saturated rings. The van der Waals surface area contributed by atoms with Crippen molar-refractivity contribution in [2.45, 2.75) is 44.5 Å². The van der Waals surface area contributed by atoms with Crippen LogP contribution in [0, 0.1) is 0 Å². The average molecular weight is 434 g/mol. The Hall–Kier alpha value is -2.94. The lowest BCUT2D eigenvalue weighted by Gasteiger charge is -2.39. The lowest BCUT2D eigenvalue weighted by Crippen LogP contribution is -2.55. The van der Waals surface area contributed by atoms with Gasteiger partial charge in [-0.25, -0.2) is 0 Å². The van der Waals surface area contributed by atoms with Crippen molar-refractivity contribution in [1.82, 2.24) is 0 Å². The summed E-state index contributed by atoms with van der Waals surface area (Å²) in [5, 5.41) is 0. The van der Waals surface area contributed by atoms with Gasteiger partial charge in [0.15, 0.2) is 23.7 Å². The third-order valence-corrected chi connectivity index (χ3v) is 5.43. The third kappa shape index (κ3) is 5.56. The molecule has 0 amide bonds. The first-order chi connectivity index (χ1) is 14.3. The van der Waals surface area contributed by atoms with E-state index in [-0.39, 0.29) is 0 Å². The van der Waals surface area contributed by atoms with Gasteiger partial charge in [0.25, 0.3) is 0 Å². The maximum atomic E-state index is 11.7. The van der Waals surface area contributed by atoms with Crippen LogP contribution < -0.4 is 4.74 Å². The Kier molecular flexibility index (Phi) is 7.04. The zero-order valence-corrected chi connectivity index (χ0v) is 17.5. The van der Waals surface area contributed by atoms with Crippen LogP contribution in [0.4, 0.5) is 0 Å². The van der Waals surface area contributed by atoms with Gasteiger partial charge in [-0.15, -0.1) is 11.8 Å². The number of rotatable bonds is 6. The Morgan fingerprint density at radius 1 is 0.900 bits per heavy atom. The molecule has 0 unspecified atom stereocenters. The number of carbonyl (C=O) groups is 3. The quantitative estimate of drug-likeness (QED) is 0.501. The number of furan rings is 1. The Labute approximate surface area is 177 Å². The molecular weight excluding hydrogens is 412 g/mol. The molecule has 4 atom stereocenters. The average Bonchev–Trinajstić information content (AvgIpc) is 3.20. The molecule has 0 N–H and O–H groups in total. The van der Waals surface area contributed by atoms with E-state index in [4.69, 9.17) is 23.4 Å². The molecule has 1 aliphatic heterocycles. The fourth-order valence-electron chi connectivity index (χ4n) is 3.08. The summed E-state index contributed by atoms with van der Waals surface area (Å²) in [4.78, 5) is 34.8. The van der Waals surface area contributed by atoms with Crippen LogP contribution in [-0.4, -0.2) is 47.4 Å². The van der Waals surface area contributed by atoms with E-state index < -0.39 is 41.7 Å². The lowest BCUT2D eigenvalue weighted by atomic mass is 10.1.